The second-order valence-corrected chi connectivity index (χ2v) is 9.17. The summed E-state index contributed by atoms with van der Waals surface area (Å²) < 4.78 is 9.58. The third kappa shape index (κ3) is 4.70. The molecule has 0 aliphatic carbocycles. The van der Waals surface area contributed by atoms with Crippen LogP contribution >= 0.6 is 0 Å². The van der Waals surface area contributed by atoms with Gasteiger partial charge in [0.15, 0.2) is 5.69 Å². The summed E-state index contributed by atoms with van der Waals surface area (Å²) in [4.78, 5) is 15.0. The number of rotatable bonds is 2. The predicted octanol–water partition coefficient (Wildman–Crippen LogP) is 2.36. The van der Waals surface area contributed by atoms with Gasteiger partial charge in [-0.1, -0.05) is 25.6 Å². The first-order valence-corrected chi connectivity index (χ1v) is 8.65. The van der Waals surface area contributed by atoms with Crippen molar-refractivity contribution in [3.05, 3.63) is 23.9 Å². The highest BCUT2D eigenvalue weighted by Gasteiger charge is 2.10. The molecule has 1 heterocycles. The maximum Gasteiger partial charge on any atom is 0.360 e. The van der Waals surface area contributed by atoms with Crippen molar-refractivity contribution in [3.63, 3.8) is 0 Å². The molecular formula is C12H15NO3Si. The number of aromatic nitrogens is 1. The number of hydrogen-bond donors (Lipinski definition) is 0. The summed E-state index contributed by atoms with van der Waals surface area (Å²) in [6.07, 6.45) is 4.56. The van der Waals surface area contributed by atoms with Crippen LogP contribution in [-0.2, 0) is 4.74 Å². The summed E-state index contributed by atoms with van der Waals surface area (Å²) in [7, 11) is -0.0538. The van der Waals surface area contributed by atoms with Gasteiger partial charge in [0, 0.05) is 6.08 Å². The minimum Gasteiger partial charge on any atom is -0.464 e. The number of methoxy groups -OCH3 is 1. The summed E-state index contributed by atoms with van der Waals surface area (Å²) in [5.41, 5.74) is 3.33. The lowest BCUT2D eigenvalue weighted by Crippen LogP contribution is -2.16. The first kappa shape index (κ1) is 13.3. The minimum atomic E-state index is -1.35. The van der Waals surface area contributed by atoms with Crippen LogP contribution in [0, 0.1) is 11.5 Å². The topological polar surface area (TPSA) is 52.3 Å². The average molecular weight is 249 g/mol. The van der Waals surface area contributed by atoms with Gasteiger partial charge in [-0.3, -0.25) is 0 Å². The zero-order valence-electron chi connectivity index (χ0n) is 10.4. The Morgan fingerprint density at radius 3 is 2.82 bits per heavy atom. The van der Waals surface area contributed by atoms with E-state index in [0.29, 0.717) is 5.89 Å². The molecule has 0 saturated heterocycles. The van der Waals surface area contributed by atoms with Crippen molar-refractivity contribution in [1.82, 2.24) is 4.98 Å². The molecule has 0 aliphatic rings. The fourth-order valence-corrected chi connectivity index (χ4v) is 1.45. The van der Waals surface area contributed by atoms with Gasteiger partial charge in [-0.25, -0.2) is 9.78 Å². The molecule has 0 spiro atoms. The fourth-order valence-electron chi connectivity index (χ4n) is 0.934. The van der Waals surface area contributed by atoms with Gasteiger partial charge in [0.05, 0.1) is 7.11 Å². The Morgan fingerprint density at radius 1 is 1.53 bits per heavy atom. The largest absolute Gasteiger partial charge is 0.464 e. The van der Waals surface area contributed by atoms with Crippen LogP contribution in [0.25, 0.3) is 6.08 Å². The fraction of sp³-hybridized carbons (Fsp3) is 0.333. The number of esters is 1. The number of carbonyl (C=O) groups excluding carboxylic acids is 1. The first-order chi connectivity index (χ1) is 7.92. The van der Waals surface area contributed by atoms with Crippen LogP contribution in [0.1, 0.15) is 16.4 Å². The van der Waals surface area contributed by atoms with E-state index in [1.54, 1.807) is 12.2 Å². The summed E-state index contributed by atoms with van der Waals surface area (Å²) in [5.74, 6) is 2.77. The molecule has 0 saturated carbocycles. The number of hydrogen-bond acceptors (Lipinski definition) is 4. The lowest BCUT2D eigenvalue weighted by Gasteiger charge is -2.01. The second kappa shape index (κ2) is 5.50. The van der Waals surface area contributed by atoms with Gasteiger partial charge in [0.2, 0.25) is 5.89 Å². The smallest absolute Gasteiger partial charge is 0.360 e. The van der Waals surface area contributed by atoms with Crippen molar-refractivity contribution in [1.29, 1.82) is 0 Å². The van der Waals surface area contributed by atoms with Gasteiger partial charge in [-0.05, 0) is 6.08 Å². The highest BCUT2D eigenvalue weighted by atomic mass is 28.3. The summed E-state index contributed by atoms with van der Waals surface area (Å²) in [6.45, 7) is 6.48. The molecule has 0 radical (unpaired) electrons. The lowest BCUT2D eigenvalue weighted by atomic mass is 10.5. The number of nitrogens with zero attached hydrogens (tertiary/aromatic N) is 1. The number of allylic oxidation sites excluding steroid dienone is 1. The Kier molecular flexibility index (Phi) is 4.29. The third-order valence-corrected chi connectivity index (χ3v) is 2.57. The van der Waals surface area contributed by atoms with Crippen molar-refractivity contribution in [3.8, 4) is 11.5 Å². The molecule has 0 atom stereocenters. The molecule has 0 aromatic carbocycles. The molecule has 0 fully saturated rings. The predicted molar refractivity (Wildman–Crippen MR) is 68.0 cm³/mol. The van der Waals surface area contributed by atoms with Crippen LogP contribution in [0.4, 0.5) is 0 Å². The van der Waals surface area contributed by atoms with Crippen LogP contribution in [0.15, 0.2) is 16.8 Å². The van der Waals surface area contributed by atoms with E-state index in [2.05, 4.69) is 40.8 Å². The molecular weight excluding hydrogens is 234 g/mol. The molecule has 17 heavy (non-hydrogen) atoms. The zero-order valence-corrected chi connectivity index (χ0v) is 11.4. The lowest BCUT2D eigenvalue weighted by molar-refractivity contribution is 0.0594. The zero-order chi connectivity index (χ0) is 12.9. The van der Waals surface area contributed by atoms with Gasteiger partial charge in [-0.2, -0.15) is 0 Å². The molecule has 1 aromatic heterocycles. The van der Waals surface area contributed by atoms with E-state index in [1.807, 2.05) is 0 Å². The maximum absolute atomic E-state index is 11.1. The molecule has 0 N–H and O–H groups in total. The molecule has 4 nitrogen and oxygen atoms in total. The number of oxazole rings is 1. The van der Waals surface area contributed by atoms with Crippen molar-refractivity contribution in [2.45, 2.75) is 19.6 Å². The molecule has 0 amide bonds. The van der Waals surface area contributed by atoms with Crippen LogP contribution in [0.2, 0.25) is 19.6 Å². The average Bonchev–Trinajstić information content (AvgIpc) is 2.70. The number of ether oxygens (including phenoxy) is 1. The van der Waals surface area contributed by atoms with E-state index in [9.17, 15) is 4.79 Å². The molecule has 1 rings (SSSR count). The summed E-state index contributed by atoms with van der Waals surface area (Å²) >= 11 is 0. The second-order valence-electron chi connectivity index (χ2n) is 4.42. The Bertz CT molecular complexity index is 486. The van der Waals surface area contributed by atoms with Crippen LogP contribution in [0.5, 0.6) is 0 Å². The highest BCUT2D eigenvalue weighted by molar-refractivity contribution is 6.83. The van der Waals surface area contributed by atoms with Gasteiger partial charge >= 0.3 is 5.97 Å². The molecule has 5 heteroatoms. The molecule has 0 unspecified atom stereocenters. The van der Waals surface area contributed by atoms with Gasteiger partial charge in [0.1, 0.15) is 14.3 Å². The Labute approximate surface area is 102 Å². The Balaban J connectivity index is 2.69. The van der Waals surface area contributed by atoms with E-state index in [1.165, 1.54) is 13.4 Å². The minimum absolute atomic E-state index is 0.158. The van der Waals surface area contributed by atoms with E-state index in [4.69, 9.17) is 4.42 Å². The number of carbonyl (C=O) groups is 1. The molecule has 0 bridgehead atoms. The normalized spacial score (nSPS) is 11.1. The monoisotopic (exact) mass is 249 g/mol. The van der Waals surface area contributed by atoms with Gasteiger partial charge in [0.25, 0.3) is 0 Å². The molecule has 1 aromatic rings. The van der Waals surface area contributed by atoms with Crippen molar-refractivity contribution in [2.75, 3.05) is 7.11 Å². The van der Waals surface area contributed by atoms with Crippen molar-refractivity contribution in [2.24, 2.45) is 0 Å². The first-order valence-electron chi connectivity index (χ1n) is 5.15. The van der Waals surface area contributed by atoms with Crippen molar-refractivity contribution >= 4 is 20.1 Å². The van der Waals surface area contributed by atoms with Crippen LogP contribution < -0.4 is 0 Å². The standard InChI is InChI=1S/C12H15NO3Si/c1-15-12(14)10-9-16-11(13-10)7-5-6-8-17(2,3)4/h5,7,9H,1-4H3/b7-5+. The van der Waals surface area contributed by atoms with Gasteiger partial charge < -0.3 is 9.15 Å². The van der Waals surface area contributed by atoms with Crippen molar-refractivity contribution < 1.29 is 13.9 Å². The summed E-state index contributed by atoms with van der Waals surface area (Å²) in [5, 5.41) is 0. The van der Waals surface area contributed by atoms with E-state index in [0.717, 1.165) is 0 Å². The Hall–Kier alpha value is -1.80. The van der Waals surface area contributed by atoms with E-state index >= 15 is 0 Å². The van der Waals surface area contributed by atoms with Crippen LogP contribution in [0.3, 0.4) is 0 Å². The quantitative estimate of drug-likeness (QED) is 0.458. The molecule has 90 valence electrons. The Morgan fingerprint density at radius 2 is 2.24 bits per heavy atom. The van der Waals surface area contributed by atoms with Gasteiger partial charge in [-0.15, -0.1) is 5.54 Å². The maximum atomic E-state index is 11.1. The van der Waals surface area contributed by atoms with E-state index < -0.39 is 14.0 Å². The third-order valence-electron chi connectivity index (χ3n) is 1.67. The van der Waals surface area contributed by atoms with E-state index in [-0.39, 0.29) is 5.69 Å². The molecule has 0 aliphatic heterocycles. The SMILES string of the molecule is COC(=O)c1coc(/C=C/C#C[Si](C)(C)C)n1. The van der Waals surface area contributed by atoms with Crippen LogP contribution in [-0.4, -0.2) is 26.1 Å². The highest BCUT2D eigenvalue weighted by Crippen LogP contribution is 2.05. The summed E-state index contributed by atoms with van der Waals surface area (Å²) in [6, 6.07) is 0.